The van der Waals surface area contributed by atoms with E-state index < -0.39 is 11.9 Å². The number of aryl methyl sites for hydroxylation is 2. The Morgan fingerprint density at radius 1 is 0.680 bits per heavy atom. The van der Waals surface area contributed by atoms with E-state index in [1.165, 1.54) is 22.1 Å². The molecule has 4 aromatic heterocycles. The minimum Gasteiger partial charge on any atom is -0.461 e. The first-order valence-corrected chi connectivity index (χ1v) is 16.5. The fourth-order valence-corrected chi connectivity index (χ4v) is 7.28. The number of furan rings is 2. The Balaban J connectivity index is 0.872. The van der Waals surface area contributed by atoms with Gasteiger partial charge in [0.15, 0.2) is 11.6 Å². The molecule has 2 atom stereocenters. The summed E-state index contributed by atoms with van der Waals surface area (Å²) in [6.07, 6.45) is 7.64. The molecule has 0 fully saturated rings. The standard InChI is InChI=1S/C38H32N4O8/c1-21-35(25-7-3-5-9-31(25)47-21)37(45)23-11-13-29-27(17-23)39-19-41(29)49-33(43)15-16-34(44)50-42-20-40-28-18-24(12-14-30(28)42)38(46)36-22(2)48-32-10-6-4-8-26(32)36/h3-10,15-16,19-20,23-24H,11-14,17-18H2,1-2H3/b16-15+. The summed E-state index contributed by atoms with van der Waals surface area (Å²) in [4.78, 5) is 72.0. The first-order valence-electron chi connectivity index (χ1n) is 16.5. The van der Waals surface area contributed by atoms with Crippen LogP contribution in [0.3, 0.4) is 0 Å². The van der Waals surface area contributed by atoms with Crippen LogP contribution in [0, 0.1) is 25.7 Å². The van der Waals surface area contributed by atoms with E-state index >= 15 is 0 Å². The molecule has 8 rings (SSSR count). The van der Waals surface area contributed by atoms with E-state index in [1.807, 2.05) is 48.5 Å². The van der Waals surface area contributed by atoms with Gasteiger partial charge in [0.1, 0.15) is 35.3 Å². The lowest BCUT2D eigenvalue weighted by molar-refractivity contribution is -0.141. The summed E-state index contributed by atoms with van der Waals surface area (Å²) in [7, 11) is 0. The second-order valence-corrected chi connectivity index (χ2v) is 12.7. The lowest BCUT2D eigenvalue weighted by Crippen LogP contribution is -2.27. The summed E-state index contributed by atoms with van der Waals surface area (Å²) in [6, 6.07) is 15.0. The number of hydrogen-bond donors (Lipinski definition) is 0. The molecule has 4 heterocycles. The molecule has 2 aliphatic carbocycles. The number of hydrogen-bond acceptors (Lipinski definition) is 10. The third kappa shape index (κ3) is 5.52. The summed E-state index contributed by atoms with van der Waals surface area (Å²) in [6.45, 7) is 3.60. The fourth-order valence-electron chi connectivity index (χ4n) is 7.28. The first kappa shape index (κ1) is 31.2. The first-order chi connectivity index (χ1) is 24.2. The largest absolute Gasteiger partial charge is 0.461 e. The zero-order valence-electron chi connectivity index (χ0n) is 27.4. The Kier molecular flexibility index (Phi) is 7.78. The van der Waals surface area contributed by atoms with Gasteiger partial charge in [-0.15, -0.1) is 0 Å². The highest BCUT2D eigenvalue weighted by atomic mass is 16.7. The topological polar surface area (TPSA) is 149 Å². The number of fused-ring (bicyclic) bond motifs is 4. The van der Waals surface area contributed by atoms with Crippen molar-refractivity contribution in [1.29, 1.82) is 0 Å². The zero-order chi connectivity index (χ0) is 34.5. The Morgan fingerprint density at radius 2 is 1.10 bits per heavy atom. The van der Waals surface area contributed by atoms with Crippen molar-refractivity contribution in [2.45, 2.75) is 52.4 Å². The molecule has 12 heteroatoms. The normalized spacial score (nSPS) is 17.2. The molecule has 6 aromatic rings. The minimum absolute atomic E-state index is 0.0108. The molecule has 0 amide bonds. The van der Waals surface area contributed by atoms with E-state index in [0.717, 1.165) is 22.9 Å². The molecule has 0 N–H and O–H groups in total. The zero-order valence-corrected chi connectivity index (χ0v) is 27.4. The Hall–Kier alpha value is -6.04. The number of nitrogens with zero attached hydrogens (tertiary/aromatic N) is 4. The van der Waals surface area contributed by atoms with Crippen molar-refractivity contribution in [3.8, 4) is 0 Å². The van der Waals surface area contributed by atoms with Crippen LogP contribution >= 0.6 is 0 Å². The summed E-state index contributed by atoms with van der Waals surface area (Å²) in [5, 5.41) is 1.60. The van der Waals surface area contributed by atoms with E-state index in [2.05, 4.69) is 9.97 Å². The molecule has 50 heavy (non-hydrogen) atoms. The molecule has 2 unspecified atom stereocenters. The summed E-state index contributed by atoms with van der Waals surface area (Å²) < 4.78 is 14.2. The van der Waals surface area contributed by atoms with Crippen LogP contribution in [0.25, 0.3) is 21.9 Å². The highest BCUT2D eigenvalue weighted by Crippen LogP contribution is 2.34. The Bertz CT molecular complexity index is 2210. The number of benzene rings is 2. The number of carbonyl (C=O) groups is 4. The smallest absolute Gasteiger partial charge is 0.356 e. The molecule has 0 saturated heterocycles. The highest BCUT2D eigenvalue weighted by molar-refractivity contribution is 6.10. The van der Waals surface area contributed by atoms with Gasteiger partial charge in [-0.05, 0) is 51.7 Å². The number of aromatic nitrogens is 4. The maximum atomic E-state index is 13.5. The monoisotopic (exact) mass is 672 g/mol. The van der Waals surface area contributed by atoms with Gasteiger partial charge in [0.05, 0.1) is 33.9 Å². The predicted molar refractivity (Wildman–Crippen MR) is 178 cm³/mol. The molecule has 0 saturated carbocycles. The molecule has 2 aliphatic rings. The second kappa shape index (κ2) is 12.4. The molecule has 252 valence electrons. The van der Waals surface area contributed by atoms with Crippen LogP contribution in [0.15, 0.2) is 82.2 Å². The van der Waals surface area contributed by atoms with Crippen LogP contribution in [0.2, 0.25) is 0 Å². The van der Waals surface area contributed by atoms with Gasteiger partial charge in [0.2, 0.25) is 0 Å². The number of ketones is 2. The van der Waals surface area contributed by atoms with Gasteiger partial charge < -0.3 is 18.5 Å². The molecule has 0 bridgehead atoms. The van der Waals surface area contributed by atoms with Crippen LogP contribution in [0.1, 0.15) is 67.9 Å². The summed E-state index contributed by atoms with van der Waals surface area (Å²) in [5.74, 6) is -0.943. The van der Waals surface area contributed by atoms with Gasteiger partial charge in [0, 0.05) is 47.6 Å². The number of Topliss-reactive ketones (excluding diaryl/α,β-unsaturated/α-hetero) is 2. The average Bonchev–Trinajstić information content (AvgIpc) is 3.88. The molecule has 12 nitrogen and oxygen atoms in total. The van der Waals surface area contributed by atoms with E-state index in [-0.39, 0.29) is 23.4 Å². The molecule has 2 aromatic carbocycles. The van der Waals surface area contributed by atoms with Crippen molar-refractivity contribution in [1.82, 2.24) is 19.4 Å². The van der Waals surface area contributed by atoms with E-state index in [9.17, 15) is 19.2 Å². The van der Waals surface area contributed by atoms with Crippen molar-refractivity contribution in [2.75, 3.05) is 0 Å². The van der Waals surface area contributed by atoms with Crippen molar-refractivity contribution in [3.63, 3.8) is 0 Å². The second-order valence-electron chi connectivity index (χ2n) is 12.7. The Labute approximate surface area is 285 Å². The third-order valence-corrected chi connectivity index (χ3v) is 9.68. The van der Waals surface area contributed by atoms with Gasteiger partial charge in [-0.25, -0.2) is 19.6 Å². The van der Waals surface area contributed by atoms with Crippen LogP contribution in [-0.4, -0.2) is 42.9 Å². The molecule has 0 spiro atoms. The van der Waals surface area contributed by atoms with Crippen LogP contribution in [0.4, 0.5) is 0 Å². The van der Waals surface area contributed by atoms with Gasteiger partial charge in [0.25, 0.3) is 0 Å². The van der Waals surface area contributed by atoms with E-state index in [1.54, 1.807) is 13.8 Å². The van der Waals surface area contributed by atoms with Crippen LogP contribution < -0.4 is 9.68 Å². The average molecular weight is 673 g/mol. The summed E-state index contributed by atoms with van der Waals surface area (Å²) in [5.41, 5.74) is 5.31. The number of carbonyl (C=O) groups excluding carboxylic acids is 4. The van der Waals surface area contributed by atoms with Gasteiger partial charge in [-0.1, -0.05) is 36.4 Å². The fraction of sp³-hybridized carbons (Fsp3) is 0.263. The lowest BCUT2D eigenvalue weighted by atomic mass is 9.83. The number of imidazole rings is 2. The van der Waals surface area contributed by atoms with Crippen molar-refractivity contribution in [2.24, 2.45) is 11.8 Å². The molecular weight excluding hydrogens is 640 g/mol. The quantitative estimate of drug-likeness (QED) is 0.153. The molecular formula is C38H32N4O8. The number of para-hydroxylation sites is 2. The van der Waals surface area contributed by atoms with Crippen molar-refractivity contribution in [3.05, 3.63) is 119 Å². The van der Waals surface area contributed by atoms with Crippen molar-refractivity contribution >= 4 is 45.4 Å². The third-order valence-electron chi connectivity index (χ3n) is 9.68. The molecule has 0 aliphatic heterocycles. The maximum Gasteiger partial charge on any atom is 0.356 e. The summed E-state index contributed by atoms with van der Waals surface area (Å²) >= 11 is 0. The van der Waals surface area contributed by atoms with Crippen LogP contribution in [0.5, 0.6) is 0 Å². The van der Waals surface area contributed by atoms with Crippen LogP contribution in [-0.2, 0) is 35.3 Å². The van der Waals surface area contributed by atoms with Gasteiger partial charge >= 0.3 is 11.9 Å². The number of rotatable bonds is 8. The minimum atomic E-state index is -0.795. The van der Waals surface area contributed by atoms with E-state index in [0.29, 0.717) is 95.1 Å². The van der Waals surface area contributed by atoms with Gasteiger partial charge in [-0.2, -0.15) is 9.46 Å². The Morgan fingerprint density at radius 3 is 1.54 bits per heavy atom. The lowest BCUT2D eigenvalue weighted by Gasteiger charge is -2.21. The highest BCUT2D eigenvalue weighted by Gasteiger charge is 2.33. The molecule has 0 radical (unpaired) electrons. The predicted octanol–water partition coefficient (Wildman–Crippen LogP) is 5.33. The van der Waals surface area contributed by atoms with E-state index in [4.69, 9.17) is 18.5 Å². The van der Waals surface area contributed by atoms with Gasteiger partial charge in [-0.3, -0.25) is 9.59 Å². The maximum absolute atomic E-state index is 13.5. The SMILES string of the molecule is Cc1oc2ccccc2c1C(=O)C1CCc2c(ncn2OC(=O)/C=C/C(=O)On2cnc3c2CCC(C(=O)c2c(C)oc4ccccc24)C3)C1. The van der Waals surface area contributed by atoms with Crippen molar-refractivity contribution < 1.29 is 37.7 Å².